The summed E-state index contributed by atoms with van der Waals surface area (Å²) in [6.07, 6.45) is 0.771. The molecule has 0 saturated carbocycles. The molecule has 194 valence electrons. The molecule has 1 unspecified atom stereocenters. The largest absolute Gasteiger partial charge is 0.469 e. The molecule has 1 aliphatic carbocycles. The number of methoxy groups -OCH3 is 1. The molecule has 1 aliphatic rings. The maximum Gasteiger partial charge on any atom is 0.307 e. The molecule has 1 N–H and O–H groups in total. The zero-order valence-corrected chi connectivity index (χ0v) is 21.0. The molecule has 36 heavy (non-hydrogen) atoms. The molecule has 2 aromatic rings. The molecule has 0 heterocycles. The summed E-state index contributed by atoms with van der Waals surface area (Å²) in [5.74, 6) is -1.34. The van der Waals surface area contributed by atoms with Crippen LogP contribution in [0.15, 0.2) is 48.5 Å². The SMILES string of the molecule is CCC(CC(=O)OCC1c2ccccc2-c2ccccc21)C(=O)NCCOCCOCCC(=O)OC. The number of benzene rings is 2. The van der Waals surface area contributed by atoms with E-state index in [4.69, 9.17) is 14.2 Å². The van der Waals surface area contributed by atoms with E-state index < -0.39 is 5.92 Å². The smallest absolute Gasteiger partial charge is 0.307 e. The molecule has 8 nitrogen and oxygen atoms in total. The third-order valence-corrected chi connectivity index (χ3v) is 6.25. The molecule has 0 spiro atoms. The highest BCUT2D eigenvalue weighted by Crippen LogP contribution is 2.44. The second kappa shape index (κ2) is 14.4. The Morgan fingerprint density at radius 1 is 0.861 bits per heavy atom. The summed E-state index contributed by atoms with van der Waals surface area (Å²) < 4.78 is 20.9. The van der Waals surface area contributed by atoms with E-state index in [1.165, 1.54) is 18.2 Å². The first-order chi connectivity index (χ1) is 17.5. The van der Waals surface area contributed by atoms with Crippen molar-refractivity contribution in [3.63, 3.8) is 0 Å². The summed E-state index contributed by atoms with van der Waals surface area (Å²) in [6.45, 7) is 3.78. The van der Waals surface area contributed by atoms with Crippen LogP contribution in [0.25, 0.3) is 11.1 Å². The summed E-state index contributed by atoms with van der Waals surface area (Å²) in [6, 6.07) is 16.4. The number of hydrogen-bond acceptors (Lipinski definition) is 7. The quantitative estimate of drug-likeness (QED) is 0.297. The summed E-state index contributed by atoms with van der Waals surface area (Å²) in [5, 5.41) is 2.81. The first-order valence-corrected chi connectivity index (χ1v) is 12.4. The van der Waals surface area contributed by atoms with Gasteiger partial charge in [0.05, 0.1) is 46.4 Å². The van der Waals surface area contributed by atoms with Crippen LogP contribution in [0, 0.1) is 5.92 Å². The Balaban J connectivity index is 1.35. The predicted octanol–water partition coefficient (Wildman–Crippen LogP) is 3.47. The normalized spacial score (nSPS) is 12.9. The Bertz CT molecular complexity index is 977. The minimum Gasteiger partial charge on any atom is -0.469 e. The monoisotopic (exact) mass is 497 g/mol. The van der Waals surface area contributed by atoms with Gasteiger partial charge < -0.3 is 24.3 Å². The second-order valence-electron chi connectivity index (χ2n) is 8.56. The van der Waals surface area contributed by atoms with Crippen LogP contribution in [-0.2, 0) is 33.3 Å². The van der Waals surface area contributed by atoms with Gasteiger partial charge in [-0.25, -0.2) is 0 Å². The first kappa shape index (κ1) is 27.4. The standard InChI is InChI=1S/C28H35NO7/c1-3-20(28(32)29-13-15-35-17-16-34-14-12-26(30)33-2)18-27(31)36-19-25-23-10-6-4-8-21(23)22-9-5-7-11-24(22)25/h4-11,20,25H,3,12-19H2,1-2H3,(H,29,32). The highest BCUT2D eigenvalue weighted by molar-refractivity contribution is 5.84. The van der Waals surface area contributed by atoms with E-state index in [2.05, 4.69) is 34.3 Å². The lowest BCUT2D eigenvalue weighted by Crippen LogP contribution is -2.34. The molecular formula is C28H35NO7. The van der Waals surface area contributed by atoms with Crippen molar-refractivity contribution in [1.29, 1.82) is 0 Å². The fourth-order valence-corrected chi connectivity index (χ4v) is 4.27. The molecule has 0 fully saturated rings. The lowest BCUT2D eigenvalue weighted by molar-refractivity contribution is -0.147. The number of esters is 2. The topological polar surface area (TPSA) is 100 Å². The minimum absolute atomic E-state index is 0.00292. The van der Waals surface area contributed by atoms with Crippen LogP contribution >= 0.6 is 0 Å². The van der Waals surface area contributed by atoms with Crippen LogP contribution in [0.1, 0.15) is 43.2 Å². The van der Waals surface area contributed by atoms with Gasteiger partial charge in [0.2, 0.25) is 5.91 Å². The molecule has 0 bridgehead atoms. The lowest BCUT2D eigenvalue weighted by atomic mass is 9.98. The summed E-state index contributed by atoms with van der Waals surface area (Å²) >= 11 is 0. The zero-order valence-electron chi connectivity index (χ0n) is 21.0. The molecular weight excluding hydrogens is 462 g/mol. The summed E-state index contributed by atoms with van der Waals surface area (Å²) in [5.41, 5.74) is 4.67. The Hall–Kier alpha value is -3.23. The van der Waals surface area contributed by atoms with Gasteiger partial charge in [-0.3, -0.25) is 14.4 Å². The summed E-state index contributed by atoms with van der Waals surface area (Å²) in [7, 11) is 1.33. The molecule has 8 heteroatoms. The molecule has 0 saturated heterocycles. The van der Waals surface area contributed by atoms with Gasteiger partial charge in [0.15, 0.2) is 0 Å². The Kier molecular flexibility index (Phi) is 10.9. The molecule has 3 rings (SSSR count). The van der Waals surface area contributed by atoms with Crippen molar-refractivity contribution < 1.29 is 33.3 Å². The van der Waals surface area contributed by atoms with Gasteiger partial charge in [-0.1, -0.05) is 55.5 Å². The Morgan fingerprint density at radius 3 is 2.08 bits per heavy atom. The van der Waals surface area contributed by atoms with Gasteiger partial charge >= 0.3 is 11.9 Å². The third-order valence-electron chi connectivity index (χ3n) is 6.25. The number of ether oxygens (including phenoxy) is 4. The summed E-state index contributed by atoms with van der Waals surface area (Å²) in [4.78, 5) is 36.1. The number of hydrogen-bond donors (Lipinski definition) is 1. The van der Waals surface area contributed by atoms with Crippen molar-refractivity contribution >= 4 is 17.8 Å². The van der Waals surface area contributed by atoms with E-state index >= 15 is 0 Å². The first-order valence-electron chi connectivity index (χ1n) is 12.4. The fraction of sp³-hybridized carbons (Fsp3) is 0.464. The van der Waals surface area contributed by atoms with Gasteiger partial charge in [-0.2, -0.15) is 0 Å². The van der Waals surface area contributed by atoms with Crippen LogP contribution in [0.5, 0.6) is 0 Å². The highest BCUT2D eigenvalue weighted by atomic mass is 16.5. The Morgan fingerprint density at radius 2 is 1.47 bits per heavy atom. The van der Waals surface area contributed by atoms with E-state index in [-0.39, 0.29) is 49.8 Å². The van der Waals surface area contributed by atoms with Crippen LogP contribution in [-0.4, -0.2) is 64.5 Å². The van der Waals surface area contributed by atoms with E-state index in [9.17, 15) is 14.4 Å². The van der Waals surface area contributed by atoms with E-state index in [1.807, 2.05) is 31.2 Å². The molecule has 0 aliphatic heterocycles. The van der Waals surface area contributed by atoms with Crippen molar-refractivity contribution in [1.82, 2.24) is 5.32 Å². The third kappa shape index (κ3) is 7.63. The van der Waals surface area contributed by atoms with Gasteiger partial charge in [0.1, 0.15) is 6.61 Å². The van der Waals surface area contributed by atoms with Crippen molar-refractivity contribution in [2.75, 3.05) is 46.7 Å². The van der Waals surface area contributed by atoms with Crippen LogP contribution in [0.4, 0.5) is 0 Å². The number of carbonyl (C=O) groups excluding carboxylic acids is 3. The van der Waals surface area contributed by atoms with Crippen LogP contribution < -0.4 is 5.32 Å². The average Bonchev–Trinajstić information content (AvgIpc) is 3.22. The number of amides is 1. The number of carbonyl (C=O) groups is 3. The van der Waals surface area contributed by atoms with Crippen LogP contribution in [0.3, 0.4) is 0 Å². The number of nitrogens with one attached hydrogen (secondary N) is 1. The van der Waals surface area contributed by atoms with E-state index in [0.29, 0.717) is 32.8 Å². The van der Waals surface area contributed by atoms with Gasteiger partial charge in [0.25, 0.3) is 0 Å². The van der Waals surface area contributed by atoms with Gasteiger partial charge in [-0.15, -0.1) is 0 Å². The molecule has 2 aromatic carbocycles. The van der Waals surface area contributed by atoms with Crippen molar-refractivity contribution in [3.8, 4) is 11.1 Å². The van der Waals surface area contributed by atoms with Crippen molar-refractivity contribution in [3.05, 3.63) is 59.7 Å². The minimum atomic E-state index is -0.456. The molecule has 1 amide bonds. The zero-order chi connectivity index (χ0) is 25.8. The van der Waals surface area contributed by atoms with E-state index in [1.54, 1.807) is 0 Å². The fourth-order valence-electron chi connectivity index (χ4n) is 4.27. The lowest BCUT2D eigenvalue weighted by Gasteiger charge is -2.17. The van der Waals surface area contributed by atoms with Gasteiger partial charge in [-0.05, 0) is 28.7 Å². The van der Waals surface area contributed by atoms with Crippen LogP contribution in [0.2, 0.25) is 0 Å². The molecule has 0 radical (unpaired) electrons. The second-order valence-corrected chi connectivity index (χ2v) is 8.56. The average molecular weight is 498 g/mol. The number of fused-ring (bicyclic) bond motifs is 3. The van der Waals surface area contributed by atoms with Gasteiger partial charge in [0, 0.05) is 18.4 Å². The van der Waals surface area contributed by atoms with Crippen molar-refractivity contribution in [2.24, 2.45) is 5.92 Å². The number of rotatable bonds is 15. The predicted molar refractivity (Wildman–Crippen MR) is 134 cm³/mol. The maximum absolute atomic E-state index is 12.6. The molecule has 0 aromatic heterocycles. The maximum atomic E-state index is 12.6. The Labute approximate surface area is 212 Å². The van der Waals surface area contributed by atoms with E-state index in [0.717, 1.165) is 11.1 Å². The van der Waals surface area contributed by atoms with Crippen molar-refractivity contribution in [2.45, 2.75) is 32.1 Å². The highest BCUT2D eigenvalue weighted by Gasteiger charge is 2.29. The molecule has 1 atom stereocenters.